The molecule has 0 saturated heterocycles. The Labute approximate surface area is 125 Å². The van der Waals surface area contributed by atoms with Crippen molar-refractivity contribution in [2.24, 2.45) is 0 Å². The molecule has 1 N–H and O–H groups in total. The number of alkyl halides is 3. The van der Waals surface area contributed by atoms with Gasteiger partial charge in [0.15, 0.2) is 0 Å². The fourth-order valence-electron chi connectivity index (χ4n) is 1.73. The summed E-state index contributed by atoms with van der Waals surface area (Å²) >= 11 is 3.22. The van der Waals surface area contributed by atoms with Gasteiger partial charge in [0, 0.05) is 16.7 Å². The quantitative estimate of drug-likeness (QED) is 0.722. The predicted octanol–water partition coefficient (Wildman–Crippen LogP) is 5.36. The SMILES string of the molecule is Fc1ccc(Br)c(CNc2ccc(F)c(C(F)(F)F)c2)c1. The van der Waals surface area contributed by atoms with Crippen molar-refractivity contribution in [3.05, 3.63) is 63.6 Å². The minimum atomic E-state index is -4.76. The second kappa shape index (κ2) is 6.01. The maximum absolute atomic E-state index is 13.1. The van der Waals surface area contributed by atoms with Crippen molar-refractivity contribution in [2.45, 2.75) is 12.7 Å². The summed E-state index contributed by atoms with van der Waals surface area (Å²) in [4.78, 5) is 0. The van der Waals surface area contributed by atoms with E-state index >= 15 is 0 Å². The average Bonchev–Trinajstić information content (AvgIpc) is 2.40. The van der Waals surface area contributed by atoms with Crippen LogP contribution in [-0.4, -0.2) is 0 Å². The van der Waals surface area contributed by atoms with E-state index in [2.05, 4.69) is 21.2 Å². The van der Waals surface area contributed by atoms with Gasteiger partial charge in [0.05, 0.1) is 5.56 Å². The van der Waals surface area contributed by atoms with Crippen molar-refractivity contribution >= 4 is 21.6 Å². The molecule has 0 radical (unpaired) electrons. The molecule has 0 aliphatic rings. The van der Waals surface area contributed by atoms with Crippen LogP contribution in [0.1, 0.15) is 11.1 Å². The summed E-state index contributed by atoms with van der Waals surface area (Å²) in [6.07, 6.45) is -4.76. The molecule has 0 aliphatic heterocycles. The van der Waals surface area contributed by atoms with Gasteiger partial charge < -0.3 is 5.32 Å². The average molecular weight is 366 g/mol. The molecule has 2 aromatic carbocycles. The third kappa shape index (κ3) is 3.93. The lowest BCUT2D eigenvalue weighted by Gasteiger charge is -2.12. The van der Waals surface area contributed by atoms with Crippen molar-refractivity contribution < 1.29 is 22.0 Å². The highest BCUT2D eigenvalue weighted by Crippen LogP contribution is 2.33. The molecule has 0 amide bonds. The zero-order valence-electron chi connectivity index (χ0n) is 10.4. The molecule has 0 heterocycles. The Morgan fingerprint density at radius 1 is 1.00 bits per heavy atom. The zero-order valence-corrected chi connectivity index (χ0v) is 12.0. The Balaban J connectivity index is 2.19. The van der Waals surface area contributed by atoms with Gasteiger partial charge in [0.1, 0.15) is 11.6 Å². The molecule has 112 valence electrons. The molecule has 0 bridgehead atoms. The maximum atomic E-state index is 13.1. The van der Waals surface area contributed by atoms with Gasteiger partial charge in [0.25, 0.3) is 0 Å². The van der Waals surface area contributed by atoms with E-state index < -0.39 is 23.4 Å². The van der Waals surface area contributed by atoms with Crippen LogP contribution < -0.4 is 5.32 Å². The fourth-order valence-corrected chi connectivity index (χ4v) is 2.12. The lowest BCUT2D eigenvalue weighted by atomic mass is 10.1. The minimum absolute atomic E-state index is 0.0971. The number of hydrogen-bond donors (Lipinski definition) is 1. The van der Waals surface area contributed by atoms with E-state index in [1.54, 1.807) is 0 Å². The summed E-state index contributed by atoms with van der Waals surface area (Å²) in [7, 11) is 0. The number of halogens is 6. The molecular weight excluding hydrogens is 357 g/mol. The summed E-state index contributed by atoms with van der Waals surface area (Å²) in [5.74, 6) is -1.79. The molecule has 0 spiro atoms. The van der Waals surface area contributed by atoms with E-state index in [4.69, 9.17) is 0 Å². The Kier molecular flexibility index (Phi) is 4.51. The standard InChI is InChI=1S/C14H9BrF5N/c15-12-3-1-9(16)5-8(12)7-21-10-2-4-13(17)11(6-10)14(18,19)20/h1-6,21H,7H2. The largest absolute Gasteiger partial charge is 0.419 e. The summed E-state index contributed by atoms with van der Waals surface area (Å²) in [5, 5.41) is 2.71. The zero-order chi connectivity index (χ0) is 15.6. The van der Waals surface area contributed by atoms with E-state index in [1.807, 2.05) is 0 Å². The van der Waals surface area contributed by atoms with Gasteiger partial charge in [-0.15, -0.1) is 0 Å². The molecule has 2 rings (SSSR count). The molecule has 0 saturated carbocycles. The van der Waals surface area contributed by atoms with Gasteiger partial charge in [0.2, 0.25) is 0 Å². The smallest absolute Gasteiger partial charge is 0.381 e. The van der Waals surface area contributed by atoms with Crippen LogP contribution in [0.5, 0.6) is 0 Å². The first-order valence-electron chi connectivity index (χ1n) is 5.82. The molecule has 0 aromatic heterocycles. The van der Waals surface area contributed by atoms with Gasteiger partial charge in [-0.3, -0.25) is 0 Å². The van der Waals surface area contributed by atoms with E-state index in [0.717, 1.165) is 6.07 Å². The third-order valence-corrected chi connectivity index (χ3v) is 3.54. The predicted molar refractivity (Wildman–Crippen MR) is 72.8 cm³/mol. The first-order valence-corrected chi connectivity index (χ1v) is 6.61. The van der Waals surface area contributed by atoms with Gasteiger partial charge in [-0.25, -0.2) is 8.78 Å². The van der Waals surface area contributed by atoms with Crippen LogP contribution in [-0.2, 0) is 12.7 Å². The van der Waals surface area contributed by atoms with E-state index in [1.165, 1.54) is 24.3 Å². The van der Waals surface area contributed by atoms with Crippen molar-refractivity contribution in [1.29, 1.82) is 0 Å². The molecule has 2 aromatic rings. The highest BCUT2D eigenvalue weighted by Gasteiger charge is 2.34. The van der Waals surface area contributed by atoms with Crippen LogP contribution in [0, 0.1) is 11.6 Å². The van der Waals surface area contributed by atoms with Crippen LogP contribution >= 0.6 is 15.9 Å². The number of rotatable bonds is 3. The van der Waals surface area contributed by atoms with Crippen molar-refractivity contribution in [3.8, 4) is 0 Å². The number of nitrogens with one attached hydrogen (secondary N) is 1. The highest BCUT2D eigenvalue weighted by atomic mass is 79.9. The summed E-state index contributed by atoms with van der Waals surface area (Å²) in [5.41, 5.74) is -0.710. The van der Waals surface area contributed by atoms with Crippen LogP contribution in [0.3, 0.4) is 0 Å². The maximum Gasteiger partial charge on any atom is 0.419 e. The normalized spacial score (nSPS) is 11.5. The highest BCUT2D eigenvalue weighted by molar-refractivity contribution is 9.10. The fraction of sp³-hybridized carbons (Fsp3) is 0.143. The van der Waals surface area contributed by atoms with Crippen LogP contribution in [0.15, 0.2) is 40.9 Å². The first kappa shape index (κ1) is 15.8. The Bertz CT molecular complexity index is 654. The lowest BCUT2D eigenvalue weighted by Crippen LogP contribution is -2.09. The number of hydrogen-bond acceptors (Lipinski definition) is 1. The third-order valence-electron chi connectivity index (χ3n) is 2.76. The Morgan fingerprint density at radius 2 is 1.71 bits per heavy atom. The van der Waals surface area contributed by atoms with Gasteiger partial charge in [-0.2, -0.15) is 13.2 Å². The first-order chi connectivity index (χ1) is 9.77. The van der Waals surface area contributed by atoms with E-state index in [-0.39, 0.29) is 12.2 Å². The minimum Gasteiger partial charge on any atom is -0.381 e. The van der Waals surface area contributed by atoms with Crippen LogP contribution in [0.25, 0.3) is 0 Å². The summed E-state index contributed by atoms with van der Waals surface area (Å²) in [6.45, 7) is 0.0985. The second-order valence-corrected chi connectivity index (χ2v) is 5.14. The summed E-state index contributed by atoms with van der Waals surface area (Å²) < 4.78 is 64.6. The summed E-state index contributed by atoms with van der Waals surface area (Å²) in [6, 6.07) is 6.63. The van der Waals surface area contributed by atoms with Crippen LogP contribution in [0.2, 0.25) is 0 Å². The molecular formula is C14H9BrF5N. The van der Waals surface area contributed by atoms with Gasteiger partial charge >= 0.3 is 6.18 Å². The molecule has 0 fully saturated rings. The lowest BCUT2D eigenvalue weighted by molar-refractivity contribution is -0.139. The van der Waals surface area contributed by atoms with Gasteiger partial charge in [-0.1, -0.05) is 15.9 Å². The van der Waals surface area contributed by atoms with Crippen molar-refractivity contribution in [3.63, 3.8) is 0 Å². The molecule has 21 heavy (non-hydrogen) atoms. The molecule has 7 heteroatoms. The monoisotopic (exact) mass is 365 g/mol. The van der Waals surface area contributed by atoms with Crippen LogP contribution in [0.4, 0.5) is 27.6 Å². The molecule has 0 aliphatic carbocycles. The molecule has 1 nitrogen and oxygen atoms in total. The van der Waals surface area contributed by atoms with E-state index in [9.17, 15) is 22.0 Å². The van der Waals surface area contributed by atoms with Gasteiger partial charge in [-0.05, 0) is 42.0 Å². The molecule has 0 atom stereocenters. The second-order valence-electron chi connectivity index (χ2n) is 4.28. The molecule has 0 unspecified atom stereocenters. The van der Waals surface area contributed by atoms with E-state index in [0.29, 0.717) is 16.1 Å². The topological polar surface area (TPSA) is 12.0 Å². The van der Waals surface area contributed by atoms with Crippen molar-refractivity contribution in [2.75, 3.05) is 5.32 Å². The Morgan fingerprint density at radius 3 is 2.38 bits per heavy atom. The number of benzene rings is 2. The van der Waals surface area contributed by atoms with Crippen molar-refractivity contribution in [1.82, 2.24) is 0 Å². The Hall–Kier alpha value is -1.63. The number of anilines is 1.